The molecule has 7 nitrogen and oxygen atoms in total. The first-order valence-corrected chi connectivity index (χ1v) is 7.59. The highest BCUT2D eigenvalue weighted by atomic mass is 16.2. The lowest BCUT2D eigenvalue weighted by molar-refractivity contribution is -0.121. The molecule has 1 amide bonds. The summed E-state index contributed by atoms with van der Waals surface area (Å²) < 4.78 is 1.57. The number of hydrogen-bond donors (Lipinski definition) is 1. The molecule has 1 aromatic carbocycles. The van der Waals surface area contributed by atoms with Crippen LogP contribution in [0.4, 0.5) is 0 Å². The lowest BCUT2D eigenvalue weighted by Gasteiger charge is -2.12. The number of rotatable bonds is 5. The van der Waals surface area contributed by atoms with Gasteiger partial charge in [0.15, 0.2) is 5.92 Å². The molecular weight excluding hydrogens is 306 g/mol. The summed E-state index contributed by atoms with van der Waals surface area (Å²) in [5, 5.41) is 15.6. The summed E-state index contributed by atoms with van der Waals surface area (Å²) in [4.78, 5) is 28.2. The van der Waals surface area contributed by atoms with Crippen LogP contribution in [0.2, 0.25) is 0 Å². The molecule has 1 unspecified atom stereocenters. The minimum Gasteiger partial charge on any atom is -0.358 e. The molecule has 0 fully saturated rings. The summed E-state index contributed by atoms with van der Waals surface area (Å²) in [7, 11) is 1.37. The van der Waals surface area contributed by atoms with Crippen molar-refractivity contribution in [3.8, 4) is 11.8 Å². The van der Waals surface area contributed by atoms with Crippen LogP contribution in [0.5, 0.6) is 0 Å². The molecule has 1 heterocycles. The van der Waals surface area contributed by atoms with Crippen LogP contribution < -0.4 is 5.32 Å². The van der Waals surface area contributed by atoms with Gasteiger partial charge in [0.05, 0.1) is 11.8 Å². The molecule has 0 aliphatic rings. The van der Waals surface area contributed by atoms with Crippen LogP contribution in [0.25, 0.3) is 5.69 Å². The van der Waals surface area contributed by atoms with Crippen molar-refractivity contribution in [2.24, 2.45) is 5.92 Å². The van der Waals surface area contributed by atoms with Crippen LogP contribution in [-0.4, -0.2) is 33.5 Å². The van der Waals surface area contributed by atoms with Gasteiger partial charge in [-0.25, -0.2) is 9.67 Å². The number of nitriles is 1. The van der Waals surface area contributed by atoms with E-state index in [0.717, 1.165) is 11.3 Å². The molecular formula is C17H19N5O2. The number of benzene rings is 1. The van der Waals surface area contributed by atoms with E-state index in [2.05, 4.69) is 29.2 Å². The molecule has 2 aromatic rings. The normalized spacial score (nSPS) is 11.8. The van der Waals surface area contributed by atoms with E-state index >= 15 is 0 Å². The molecule has 1 N–H and O–H groups in total. The van der Waals surface area contributed by atoms with E-state index in [4.69, 9.17) is 5.26 Å². The van der Waals surface area contributed by atoms with Crippen molar-refractivity contribution < 1.29 is 9.59 Å². The van der Waals surface area contributed by atoms with Crippen LogP contribution in [0.1, 0.15) is 41.8 Å². The molecule has 24 heavy (non-hydrogen) atoms. The number of aryl methyl sites for hydroxylation is 1. The summed E-state index contributed by atoms with van der Waals surface area (Å²) in [6.45, 7) is 5.85. The molecule has 1 aromatic heterocycles. The van der Waals surface area contributed by atoms with Crippen molar-refractivity contribution in [1.29, 1.82) is 5.26 Å². The number of nitrogens with one attached hydrogen (secondary N) is 1. The Bertz CT molecular complexity index is 817. The second-order valence-electron chi connectivity index (χ2n) is 5.65. The van der Waals surface area contributed by atoms with Gasteiger partial charge in [0.25, 0.3) is 0 Å². The van der Waals surface area contributed by atoms with Crippen molar-refractivity contribution in [3.05, 3.63) is 41.5 Å². The van der Waals surface area contributed by atoms with Crippen molar-refractivity contribution in [2.45, 2.75) is 26.7 Å². The quantitative estimate of drug-likeness (QED) is 0.667. The summed E-state index contributed by atoms with van der Waals surface area (Å²) in [6, 6.07) is 9.40. The second kappa shape index (κ2) is 7.04. The Labute approximate surface area is 140 Å². The molecule has 0 saturated carbocycles. The van der Waals surface area contributed by atoms with E-state index in [0.29, 0.717) is 5.82 Å². The smallest absolute Gasteiger partial charge is 0.245 e. The average Bonchev–Trinajstić information content (AvgIpc) is 2.96. The zero-order valence-electron chi connectivity index (χ0n) is 14.1. The molecule has 124 valence electrons. The van der Waals surface area contributed by atoms with E-state index < -0.39 is 17.6 Å². The van der Waals surface area contributed by atoms with Gasteiger partial charge in [-0.1, -0.05) is 32.0 Å². The third kappa shape index (κ3) is 3.18. The zero-order chi connectivity index (χ0) is 17.9. The van der Waals surface area contributed by atoms with Crippen molar-refractivity contribution >= 4 is 11.7 Å². The Kier molecular flexibility index (Phi) is 5.09. The number of amides is 1. The lowest BCUT2D eigenvalue weighted by Crippen LogP contribution is -2.32. The fourth-order valence-corrected chi connectivity index (χ4v) is 2.40. The Hall–Kier alpha value is -3.01. The highest BCUT2D eigenvalue weighted by Crippen LogP contribution is 2.23. The molecule has 0 aliphatic heterocycles. The van der Waals surface area contributed by atoms with Crippen LogP contribution >= 0.6 is 0 Å². The van der Waals surface area contributed by atoms with Gasteiger partial charge in [0, 0.05) is 7.05 Å². The molecule has 0 saturated heterocycles. The molecule has 7 heteroatoms. The maximum absolute atomic E-state index is 12.4. The van der Waals surface area contributed by atoms with Gasteiger partial charge in [-0.2, -0.15) is 5.26 Å². The number of aromatic nitrogens is 3. The average molecular weight is 325 g/mol. The Morgan fingerprint density at radius 3 is 2.54 bits per heavy atom. The van der Waals surface area contributed by atoms with E-state index in [1.54, 1.807) is 17.7 Å². The Morgan fingerprint density at radius 1 is 1.29 bits per heavy atom. The fraction of sp³-hybridized carbons (Fsp3) is 0.353. The van der Waals surface area contributed by atoms with E-state index in [-0.39, 0.29) is 11.7 Å². The fourth-order valence-electron chi connectivity index (χ4n) is 2.40. The number of Topliss-reactive ketones (excluding diaryl/α,β-unsaturated/α-hetero) is 1. The molecule has 0 spiro atoms. The standard InChI is InChI=1S/C17H19N5O2/c1-10(2)12-7-5-6-8-14(12)22-11(3)20-16(21-22)15(23)13(9-18)17(24)19-4/h5-8,10,13H,1-4H3,(H,19,24). The number of ketones is 1. The molecule has 0 radical (unpaired) electrons. The van der Waals surface area contributed by atoms with Gasteiger partial charge >= 0.3 is 0 Å². The first-order chi connectivity index (χ1) is 11.4. The highest BCUT2D eigenvalue weighted by Gasteiger charge is 2.30. The molecule has 0 bridgehead atoms. The third-order valence-corrected chi connectivity index (χ3v) is 3.68. The van der Waals surface area contributed by atoms with Crippen LogP contribution in [0, 0.1) is 24.2 Å². The first kappa shape index (κ1) is 17.3. The Morgan fingerprint density at radius 2 is 1.96 bits per heavy atom. The first-order valence-electron chi connectivity index (χ1n) is 7.59. The van der Waals surface area contributed by atoms with Crippen LogP contribution in [0.3, 0.4) is 0 Å². The highest BCUT2D eigenvalue weighted by molar-refractivity contribution is 6.10. The van der Waals surface area contributed by atoms with Gasteiger partial charge in [-0.05, 0) is 24.5 Å². The molecule has 2 rings (SSSR count). The molecule has 1 atom stereocenters. The van der Waals surface area contributed by atoms with Crippen molar-refractivity contribution in [1.82, 2.24) is 20.1 Å². The van der Waals surface area contributed by atoms with Crippen molar-refractivity contribution in [3.63, 3.8) is 0 Å². The largest absolute Gasteiger partial charge is 0.358 e. The van der Waals surface area contributed by atoms with Gasteiger partial charge in [-0.15, -0.1) is 5.10 Å². The summed E-state index contributed by atoms with van der Waals surface area (Å²) in [5.74, 6) is -2.19. The number of carbonyl (C=O) groups is 2. The van der Waals surface area contributed by atoms with Crippen molar-refractivity contribution in [2.75, 3.05) is 7.05 Å². The minimum absolute atomic E-state index is 0.138. The number of para-hydroxylation sites is 1. The summed E-state index contributed by atoms with van der Waals surface area (Å²) >= 11 is 0. The second-order valence-corrected chi connectivity index (χ2v) is 5.65. The topological polar surface area (TPSA) is 101 Å². The number of nitrogens with zero attached hydrogens (tertiary/aromatic N) is 4. The maximum Gasteiger partial charge on any atom is 0.245 e. The monoisotopic (exact) mass is 325 g/mol. The van der Waals surface area contributed by atoms with Crippen LogP contribution in [-0.2, 0) is 4.79 Å². The molecule has 0 aliphatic carbocycles. The Balaban J connectivity index is 2.47. The van der Waals surface area contributed by atoms with E-state index in [1.807, 2.05) is 24.3 Å². The number of hydrogen-bond acceptors (Lipinski definition) is 5. The predicted molar refractivity (Wildman–Crippen MR) is 87.7 cm³/mol. The predicted octanol–water partition coefficient (Wildman–Crippen LogP) is 1.77. The summed E-state index contributed by atoms with van der Waals surface area (Å²) in [6.07, 6.45) is 0. The number of carbonyl (C=O) groups excluding carboxylic acids is 2. The SMILES string of the molecule is CNC(=O)C(C#N)C(=O)c1nc(C)n(-c2ccccc2C(C)C)n1. The van der Waals surface area contributed by atoms with E-state index in [1.165, 1.54) is 7.05 Å². The van der Waals surface area contributed by atoms with Gasteiger partial charge in [0.1, 0.15) is 5.82 Å². The minimum atomic E-state index is -1.45. The van der Waals surface area contributed by atoms with Gasteiger partial charge in [0.2, 0.25) is 17.5 Å². The summed E-state index contributed by atoms with van der Waals surface area (Å²) in [5.41, 5.74) is 1.89. The lowest BCUT2D eigenvalue weighted by atomic mass is 10.0. The third-order valence-electron chi connectivity index (χ3n) is 3.68. The van der Waals surface area contributed by atoms with Gasteiger partial charge in [-0.3, -0.25) is 9.59 Å². The maximum atomic E-state index is 12.4. The van der Waals surface area contributed by atoms with Gasteiger partial charge < -0.3 is 5.32 Å². The van der Waals surface area contributed by atoms with Crippen LogP contribution in [0.15, 0.2) is 24.3 Å². The van der Waals surface area contributed by atoms with E-state index in [9.17, 15) is 9.59 Å². The zero-order valence-corrected chi connectivity index (χ0v) is 14.1.